The first-order valence-corrected chi connectivity index (χ1v) is 14.8. The number of amides is 4. The highest BCUT2D eigenvalue weighted by molar-refractivity contribution is 7.88. The first kappa shape index (κ1) is 31.6. The van der Waals surface area contributed by atoms with Crippen molar-refractivity contribution in [2.75, 3.05) is 30.6 Å². The Labute approximate surface area is 239 Å². The van der Waals surface area contributed by atoms with Crippen LogP contribution in [0.3, 0.4) is 0 Å². The minimum absolute atomic E-state index is 0.131. The zero-order chi connectivity index (χ0) is 30.4. The zero-order valence-electron chi connectivity index (χ0n) is 23.8. The van der Waals surface area contributed by atoms with Crippen molar-refractivity contribution < 1.29 is 37.1 Å². The Morgan fingerprint density at radius 2 is 1.78 bits per heavy atom. The molecule has 0 unspecified atom stereocenters. The Hall–Kier alpha value is -3.97. The van der Waals surface area contributed by atoms with Gasteiger partial charge in [0.2, 0.25) is 15.9 Å². The number of sulfonamides is 1. The van der Waals surface area contributed by atoms with Crippen molar-refractivity contribution >= 4 is 45.2 Å². The van der Waals surface area contributed by atoms with Crippen LogP contribution in [0.1, 0.15) is 68.4 Å². The second kappa shape index (κ2) is 13.1. The van der Waals surface area contributed by atoms with Gasteiger partial charge in [-0.05, 0) is 41.7 Å². The third kappa shape index (κ3) is 8.51. The van der Waals surface area contributed by atoms with Crippen molar-refractivity contribution in [1.29, 1.82) is 0 Å². The number of rotatable bonds is 11. The zero-order valence-corrected chi connectivity index (χ0v) is 24.6. The number of carbonyl (C=O) groups excluding carboxylic acids is 4. The molecule has 222 valence electrons. The maximum absolute atomic E-state index is 13.5. The lowest BCUT2D eigenvalue weighted by molar-refractivity contribution is -0.143. The highest BCUT2D eigenvalue weighted by Gasteiger charge is 2.30. The molecule has 1 aliphatic heterocycles. The third-order valence-corrected chi connectivity index (χ3v) is 7.50. The topological polar surface area (TPSA) is 160 Å². The van der Waals surface area contributed by atoms with E-state index in [0.717, 1.165) is 0 Å². The monoisotopic (exact) mass is 588 g/mol. The maximum atomic E-state index is 13.5. The van der Waals surface area contributed by atoms with Crippen LogP contribution in [-0.4, -0.2) is 52.6 Å². The summed E-state index contributed by atoms with van der Waals surface area (Å²) >= 11 is 0. The Bertz CT molecular complexity index is 1420. The smallest absolute Gasteiger partial charge is 0.328 e. The number of ether oxygens (including phenoxy) is 2. The Morgan fingerprint density at radius 3 is 2.37 bits per heavy atom. The standard InChI is InChI=1S/C28H36N4O8S/c1-6-7-24(34)40-17-29-41(37,38)16-18-8-10-19(11-9-18)30-26(35)21-14-20(32-13-12-23(33)31-27(32)36)15-22(25(21)39-5)28(2,3)4/h8-11,14-15,29H,6-7,12-13,16-17H2,1-5H3,(H,30,35)(H,31,33,36). The van der Waals surface area contributed by atoms with Crippen molar-refractivity contribution in [2.45, 2.75) is 58.1 Å². The van der Waals surface area contributed by atoms with Gasteiger partial charge in [0.15, 0.2) is 6.73 Å². The summed E-state index contributed by atoms with van der Waals surface area (Å²) in [6, 6.07) is 8.99. The van der Waals surface area contributed by atoms with Gasteiger partial charge in [0, 0.05) is 36.3 Å². The molecule has 1 heterocycles. The molecule has 3 N–H and O–H groups in total. The van der Waals surface area contributed by atoms with Crippen molar-refractivity contribution in [3.63, 3.8) is 0 Å². The van der Waals surface area contributed by atoms with E-state index in [1.54, 1.807) is 36.4 Å². The molecule has 0 aliphatic carbocycles. The fourth-order valence-corrected chi connectivity index (χ4v) is 5.13. The number of esters is 1. The second-order valence-electron chi connectivity index (χ2n) is 10.5. The normalized spacial score (nSPS) is 13.9. The van der Waals surface area contributed by atoms with Crippen molar-refractivity contribution in [3.05, 3.63) is 53.1 Å². The molecular formula is C28H36N4O8S. The summed E-state index contributed by atoms with van der Waals surface area (Å²) in [5.74, 6) is -1.35. The fraction of sp³-hybridized carbons (Fsp3) is 0.429. The molecule has 1 aliphatic rings. The molecule has 12 nitrogen and oxygen atoms in total. The van der Waals surface area contributed by atoms with Gasteiger partial charge in [-0.2, -0.15) is 4.72 Å². The number of urea groups is 1. The first-order valence-electron chi connectivity index (χ1n) is 13.1. The number of hydrogen-bond donors (Lipinski definition) is 3. The molecule has 0 spiro atoms. The number of imide groups is 1. The van der Waals surface area contributed by atoms with Gasteiger partial charge in [-0.15, -0.1) is 0 Å². The van der Waals surface area contributed by atoms with E-state index in [2.05, 4.69) is 15.4 Å². The van der Waals surface area contributed by atoms with E-state index < -0.39 is 40.1 Å². The molecule has 41 heavy (non-hydrogen) atoms. The van der Waals surface area contributed by atoms with E-state index in [9.17, 15) is 27.6 Å². The second-order valence-corrected chi connectivity index (χ2v) is 12.4. The SMILES string of the molecule is CCCC(=O)OCNS(=O)(=O)Cc1ccc(NC(=O)c2cc(N3CCC(=O)NC3=O)cc(C(C)(C)C)c2OC)cc1. The van der Waals surface area contributed by atoms with Gasteiger partial charge in [-0.1, -0.05) is 39.8 Å². The van der Waals surface area contributed by atoms with E-state index in [1.807, 2.05) is 27.7 Å². The van der Waals surface area contributed by atoms with Gasteiger partial charge in [-0.3, -0.25) is 24.6 Å². The van der Waals surface area contributed by atoms with Gasteiger partial charge >= 0.3 is 12.0 Å². The van der Waals surface area contributed by atoms with Gasteiger partial charge in [0.1, 0.15) is 5.75 Å². The largest absolute Gasteiger partial charge is 0.496 e. The molecule has 0 bridgehead atoms. The average molecular weight is 589 g/mol. The molecule has 1 saturated heterocycles. The van der Waals surface area contributed by atoms with Crippen LogP contribution in [0, 0.1) is 0 Å². The van der Waals surface area contributed by atoms with Crippen LogP contribution in [-0.2, 0) is 35.5 Å². The lowest BCUT2D eigenvalue weighted by atomic mass is 9.84. The number of benzene rings is 2. The number of carbonyl (C=O) groups is 4. The van der Waals surface area contributed by atoms with E-state index in [4.69, 9.17) is 9.47 Å². The molecule has 13 heteroatoms. The van der Waals surface area contributed by atoms with Crippen LogP contribution in [0.15, 0.2) is 36.4 Å². The average Bonchev–Trinajstić information content (AvgIpc) is 2.88. The van der Waals surface area contributed by atoms with Crippen LogP contribution < -0.4 is 25.0 Å². The van der Waals surface area contributed by atoms with Crippen LogP contribution in [0.5, 0.6) is 5.75 Å². The summed E-state index contributed by atoms with van der Waals surface area (Å²) in [5, 5.41) is 5.09. The van der Waals surface area contributed by atoms with E-state index in [1.165, 1.54) is 12.0 Å². The van der Waals surface area contributed by atoms with E-state index >= 15 is 0 Å². The molecule has 0 radical (unpaired) electrons. The minimum Gasteiger partial charge on any atom is -0.496 e. The van der Waals surface area contributed by atoms with Crippen molar-refractivity contribution in [1.82, 2.24) is 10.0 Å². The summed E-state index contributed by atoms with van der Waals surface area (Å²) in [6.45, 7) is 7.39. The molecule has 1 fully saturated rings. The van der Waals surface area contributed by atoms with Crippen LogP contribution >= 0.6 is 0 Å². The summed E-state index contributed by atoms with van der Waals surface area (Å²) < 4.78 is 37.4. The highest BCUT2D eigenvalue weighted by Crippen LogP contribution is 2.38. The van der Waals surface area contributed by atoms with Gasteiger partial charge in [0.05, 0.1) is 18.4 Å². The molecule has 0 atom stereocenters. The summed E-state index contributed by atoms with van der Waals surface area (Å²) in [7, 11) is -2.31. The number of anilines is 2. The van der Waals surface area contributed by atoms with Crippen LogP contribution in [0.25, 0.3) is 0 Å². The lowest BCUT2D eigenvalue weighted by Crippen LogP contribution is -2.49. The first-order chi connectivity index (χ1) is 19.2. The minimum atomic E-state index is -3.76. The van der Waals surface area contributed by atoms with Crippen molar-refractivity contribution in [3.8, 4) is 5.75 Å². The molecule has 0 aromatic heterocycles. The molecule has 3 rings (SSSR count). The summed E-state index contributed by atoms with van der Waals surface area (Å²) in [5.41, 5.74) is 1.74. The van der Waals surface area contributed by atoms with Crippen molar-refractivity contribution in [2.24, 2.45) is 0 Å². The number of nitrogens with zero attached hydrogens (tertiary/aromatic N) is 1. The summed E-state index contributed by atoms with van der Waals surface area (Å²) in [6.07, 6.45) is 0.936. The Morgan fingerprint density at radius 1 is 1.10 bits per heavy atom. The third-order valence-electron chi connectivity index (χ3n) is 6.23. The number of hydrogen-bond acceptors (Lipinski definition) is 8. The molecular weight excluding hydrogens is 552 g/mol. The number of nitrogens with one attached hydrogen (secondary N) is 3. The Kier molecular flexibility index (Phi) is 10.1. The maximum Gasteiger partial charge on any atom is 0.328 e. The predicted molar refractivity (Wildman–Crippen MR) is 153 cm³/mol. The molecule has 0 saturated carbocycles. The molecule has 4 amide bonds. The van der Waals surface area contributed by atoms with Gasteiger partial charge in [0.25, 0.3) is 5.91 Å². The van der Waals surface area contributed by atoms with Gasteiger partial charge < -0.3 is 14.8 Å². The molecule has 2 aromatic rings. The van der Waals surface area contributed by atoms with Gasteiger partial charge in [-0.25, -0.2) is 13.2 Å². The Balaban J connectivity index is 1.79. The van der Waals surface area contributed by atoms with E-state index in [-0.39, 0.29) is 36.6 Å². The van der Waals surface area contributed by atoms with Crippen LogP contribution in [0.4, 0.5) is 16.2 Å². The number of methoxy groups -OCH3 is 1. The quantitative estimate of drug-likeness (QED) is 0.266. The molecule has 2 aromatic carbocycles. The highest BCUT2D eigenvalue weighted by atomic mass is 32.2. The van der Waals surface area contributed by atoms with Crippen LogP contribution in [0.2, 0.25) is 0 Å². The van der Waals surface area contributed by atoms with E-state index in [0.29, 0.717) is 34.7 Å². The lowest BCUT2D eigenvalue weighted by Gasteiger charge is -2.30. The fourth-order valence-electron chi connectivity index (χ4n) is 4.15. The summed E-state index contributed by atoms with van der Waals surface area (Å²) in [4.78, 5) is 50.5. The predicted octanol–water partition coefficient (Wildman–Crippen LogP) is 3.41.